The quantitative estimate of drug-likeness (QED) is 0.586. The minimum atomic E-state index is -0.405. The fourth-order valence-corrected chi connectivity index (χ4v) is 1.83. The lowest BCUT2D eigenvalue weighted by Crippen LogP contribution is -2.23. The Morgan fingerprint density at radius 2 is 2.10 bits per heavy atom. The van der Waals surface area contributed by atoms with Gasteiger partial charge in [-0.25, -0.2) is 0 Å². The minimum absolute atomic E-state index is 0.0401. The number of non-ortho nitro benzene ring substituents is 1. The van der Waals surface area contributed by atoms with E-state index in [1.807, 2.05) is 21.0 Å². The van der Waals surface area contributed by atoms with Gasteiger partial charge in [0.15, 0.2) is 0 Å². The molecule has 1 aromatic carbocycles. The molecule has 0 saturated carbocycles. The minimum Gasteiger partial charge on any atom is -0.494 e. The summed E-state index contributed by atoms with van der Waals surface area (Å²) in [5.41, 5.74) is 0.757. The molecular formula is C14H23N3O3. The molecule has 1 unspecified atom stereocenters. The Balaban J connectivity index is 2.79. The van der Waals surface area contributed by atoms with Crippen molar-refractivity contribution in [2.75, 3.05) is 32.6 Å². The molecule has 0 heterocycles. The lowest BCUT2D eigenvalue weighted by atomic mass is 10.2. The van der Waals surface area contributed by atoms with Crippen LogP contribution < -0.4 is 10.1 Å². The summed E-state index contributed by atoms with van der Waals surface area (Å²) in [7, 11) is 4.04. The Bertz CT molecular complexity index is 449. The van der Waals surface area contributed by atoms with Gasteiger partial charge in [-0.05, 0) is 40.9 Å². The molecule has 0 fully saturated rings. The molecule has 0 aliphatic carbocycles. The summed E-state index contributed by atoms with van der Waals surface area (Å²) in [6, 6.07) is 5.00. The second kappa shape index (κ2) is 7.69. The first-order valence-corrected chi connectivity index (χ1v) is 6.76. The average Bonchev–Trinajstić information content (AvgIpc) is 2.36. The highest BCUT2D eigenvalue weighted by atomic mass is 16.6. The Morgan fingerprint density at radius 3 is 2.65 bits per heavy atom. The highest BCUT2D eigenvalue weighted by Gasteiger charge is 2.12. The molecular weight excluding hydrogens is 258 g/mol. The van der Waals surface area contributed by atoms with Crippen LogP contribution in [0, 0.1) is 10.1 Å². The van der Waals surface area contributed by atoms with E-state index < -0.39 is 4.92 Å². The van der Waals surface area contributed by atoms with Gasteiger partial charge >= 0.3 is 0 Å². The van der Waals surface area contributed by atoms with E-state index in [9.17, 15) is 10.1 Å². The van der Waals surface area contributed by atoms with Crippen molar-refractivity contribution < 1.29 is 9.66 Å². The summed E-state index contributed by atoms with van der Waals surface area (Å²) >= 11 is 0. The van der Waals surface area contributed by atoms with Crippen LogP contribution in [0.1, 0.15) is 20.3 Å². The Morgan fingerprint density at radius 1 is 1.40 bits per heavy atom. The molecule has 112 valence electrons. The third-order valence-corrected chi connectivity index (χ3v) is 2.84. The highest BCUT2D eigenvalue weighted by molar-refractivity contribution is 5.56. The SMILES string of the molecule is CCOc1cc(NC(C)CCN(C)C)cc([N+](=O)[O-])c1. The number of ether oxygens (including phenoxy) is 1. The molecule has 6 heteroatoms. The van der Waals surface area contributed by atoms with Crippen molar-refractivity contribution in [2.45, 2.75) is 26.3 Å². The van der Waals surface area contributed by atoms with Gasteiger partial charge < -0.3 is 15.0 Å². The zero-order chi connectivity index (χ0) is 15.1. The van der Waals surface area contributed by atoms with E-state index >= 15 is 0 Å². The highest BCUT2D eigenvalue weighted by Crippen LogP contribution is 2.26. The third-order valence-electron chi connectivity index (χ3n) is 2.84. The Kier molecular flexibility index (Phi) is 6.24. The van der Waals surface area contributed by atoms with E-state index in [4.69, 9.17) is 4.74 Å². The number of hydrogen-bond acceptors (Lipinski definition) is 5. The predicted octanol–water partition coefficient (Wildman–Crippen LogP) is 2.75. The summed E-state index contributed by atoms with van der Waals surface area (Å²) in [4.78, 5) is 12.6. The predicted molar refractivity (Wildman–Crippen MR) is 80.5 cm³/mol. The number of hydrogen-bond donors (Lipinski definition) is 1. The van der Waals surface area contributed by atoms with Crippen LogP contribution in [0.5, 0.6) is 5.75 Å². The molecule has 20 heavy (non-hydrogen) atoms. The fourth-order valence-electron chi connectivity index (χ4n) is 1.83. The maximum absolute atomic E-state index is 10.9. The normalized spacial score (nSPS) is 12.2. The molecule has 0 amide bonds. The number of nitro groups is 1. The van der Waals surface area contributed by atoms with E-state index in [0.29, 0.717) is 18.0 Å². The van der Waals surface area contributed by atoms with E-state index in [0.717, 1.165) is 13.0 Å². The topological polar surface area (TPSA) is 67.6 Å². The summed E-state index contributed by atoms with van der Waals surface area (Å²) in [5.74, 6) is 0.518. The number of rotatable bonds is 8. The van der Waals surface area contributed by atoms with Crippen molar-refractivity contribution in [3.05, 3.63) is 28.3 Å². The van der Waals surface area contributed by atoms with Crippen LogP contribution in [-0.4, -0.2) is 43.1 Å². The van der Waals surface area contributed by atoms with Crippen LogP contribution in [0.15, 0.2) is 18.2 Å². The first-order chi connectivity index (χ1) is 9.42. The molecule has 0 spiro atoms. The zero-order valence-corrected chi connectivity index (χ0v) is 12.5. The molecule has 1 atom stereocenters. The van der Waals surface area contributed by atoms with Gasteiger partial charge in [0.05, 0.1) is 17.6 Å². The molecule has 1 rings (SSSR count). The van der Waals surface area contributed by atoms with E-state index in [-0.39, 0.29) is 11.7 Å². The largest absolute Gasteiger partial charge is 0.494 e. The van der Waals surface area contributed by atoms with Crippen LogP contribution in [0.3, 0.4) is 0 Å². The van der Waals surface area contributed by atoms with E-state index in [2.05, 4.69) is 17.1 Å². The van der Waals surface area contributed by atoms with Gasteiger partial charge in [-0.15, -0.1) is 0 Å². The first-order valence-electron chi connectivity index (χ1n) is 6.76. The van der Waals surface area contributed by atoms with Crippen molar-refractivity contribution in [2.24, 2.45) is 0 Å². The summed E-state index contributed by atoms with van der Waals surface area (Å²) in [5, 5.41) is 14.2. The van der Waals surface area contributed by atoms with Gasteiger partial charge in [0, 0.05) is 23.9 Å². The lowest BCUT2D eigenvalue weighted by Gasteiger charge is -2.18. The van der Waals surface area contributed by atoms with Gasteiger partial charge in [-0.1, -0.05) is 0 Å². The van der Waals surface area contributed by atoms with E-state index in [1.54, 1.807) is 6.07 Å². The Labute approximate surface area is 119 Å². The number of nitrogens with one attached hydrogen (secondary N) is 1. The maximum atomic E-state index is 10.9. The number of benzene rings is 1. The molecule has 0 aromatic heterocycles. The van der Waals surface area contributed by atoms with Crippen LogP contribution in [-0.2, 0) is 0 Å². The van der Waals surface area contributed by atoms with Gasteiger partial charge in [-0.2, -0.15) is 0 Å². The second-order valence-corrected chi connectivity index (χ2v) is 5.04. The van der Waals surface area contributed by atoms with Crippen LogP contribution >= 0.6 is 0 Å². The summed E-state index contributed by atoms with van der Waals surface area (Å²) in [6.07, 6.45) is 0.958. The lowest BCUT2D eigenvalue weighted by molar-refractivity contribution is -0.384. The molecule has 1 N–H and O–H groups in total. The number of nitrogens with zero attached hydrogens (tertiary/aromatic N) is 2. The van der Waals surface area contributed by atoms with Gasteiger partial charge in [-0.3, -0.25) is 10.1 Å². The van der Waals surface area contributed by atoms with Gasteiger partial charge in [0.2, 0.25) is 0 Å². The molecule has 0 bridgehead atoms. The summed E-state index contributed by atoms with van der Waals surface area (Å²) in [6.45, 7) is 5.35. The molecule has 1 aromatic rings. The van der Waals surface area contributed by atoms with Crippen molar-refractivity contribution in [3.8, 4) is 5.75 Å². The van der Waals surface area contributed by atoms with E-state index in [1.165, 1.54) is 12.1 Å². The first kappa shape index (κ1) is 16.2. The summed E-state index contributed by atoms with van der Waals surface area (Å²) < 4.78 is 5.36. The molecule has 0 aliphatic heterocycles. The maximum Gasteiger partial charge on any atom is 0.275 e. The molecule has 0 radical (unpaired) electrons. The standard InChI is InChI=1S/C14H23N3O3/c1-5-20-14-9-12(8-13(10-14)17(18)19)15-11(2)6-7-16(3)4/h8-11,15H,5-7H2,1-4H3. The molecule has 0 saturated heterocycles. The Hall–Kier alpha value is -1.82. The third kappa shape index (κ3) is 5.44. The van der Waals surface area contributed by atoms with Crippen LogP contribution in [0.2, 0.25) is 0 Å². The monoisotopic (exact) mass is 281 g/mol. The van der Waals surface area contributed by atoms with Gasteiger partial charge in [0.1, 0.15) is 5.75 Å². The average molecular weight is 281 g/mol. The second-order valence-electron chi connectivity index (χ2n) is 5.04. The van der Waals surface area contributed by atoms with Crippen molar-refractivity contribution in [1.82, 2.24) is 4.90 Å². The number of nitro benzene ring substituents is 1. The van der Waals surface area contributed by atoms with Crippen LogP contribution in [0.25, 0.3) is 0 Å². The van der Waals surface area contributed by atoms with Crippen molar-refractivity contribution in [1.29, 1.82) is 0 Å². The van der Waals surface area contributed by atoms with Crippen LogP contribution in [0.4, 0.5) is 11.4 Å². The smallest absolute Gasteiger partial charge is 0.275 e. The zero-order valence-electron chi connectivity index (χ0n) is 12.5. The van der Waals surface area contributed by atoms with Gasteiger partial charge in [0.25, 0.3) is 5.69 Å². The molecule has 0 aliphatic rings. The van der Waals surface area contributed by atoms with Crippen molar-refractivity contribution in [3.63, 3.8) is 0 Å². The number of anilines is 1. The van der Waals surface area contributed by atoms with Crippen molar-refractivity contribution >= 4 is 11.4 Å². The molecule has 6 nitrogen and oxygen atoms in total. The fraction of sp³-hybridized carbons (Fsp3) is 0.571.